The average molecular weight is 410 g/mol. The van der Waals surface area contributed by atoms with Gasteiger partial charge in [-0.15, -0.1) is 0 Å². The third-order valence-corrected chi connectivity index (χ3v) is 6.80. The van der Waals surface area contributed by atoms with Crippen molar-refractivity contribution in [3.05, 3.63) is 30.1 Å². The third-order valence-electron chi connectivity index (χ3n) is 6.80. The largest absolute Gasteiger partial charge is 0.373 e. The molecule has 0 spiro atoms. The highest BCUT2D eigenvalue weighted by molar-refractivity contribution is 5.62. The Morgan fingerprint density at radius 3 is 2.57 bits per heavy atom. The molecule has 0 bridgehead atoms. The predicted octanol–water partition coefficient (Wildman–Crippen LogP) is 2.38. The average Bonchev–Trinajstić information content (AvgIpc) is 3.35. The second-order valence-corrected chi connectivity index (χ2v) is 9.14. The van der Waals surface area contributed by atoms with Gasteiger partial charge in [0, 0.05) is 49.4 Å². The van der Waals surface area contributed by atoms with Crippen LogP contribution in [0.25, 0.3) is 0 Å². The lowest BCUT2D eigenvalue weighted by molar-refractivity contribution is 0.101. The van der Waals surface area contributed by atoms with E-state index < -0.39 is 6.23 Å². The van der Waals surface area contributed by atoms with Gasteiger partial charge < -0.3 is 25.5 Å². The Balaban J connectivity index is 1.37. The van der Waals surface area contributed by atoms with Gasteiger partial charge in [-0.05, 0) is 25.0 Å². The Kier molecular flexibility index (Phi) is 4.99. The van der Waals surface area contributed by atoms with Gasteiger partial charge in [0.05, 0.1) is 11.9 Å². The molecule has 1 saturated heterocycles. The molecule has 0 aromatic carbocycles. The number of fused-ring (bicyclic) bond motifs is 1. The minimum atomic E-state index is -0.573. The molecule has 1 atom stereocenters. The van der Waals surface area contributed by atoms with Gasteiger partial charge in [-0.25, -0.2) is 9.97 Å². The van der Waals surface area contributed by atoms with E-state index in [9.17, 15) is 5.11 Å². The number of aliphatic hydroxyl groups excluding tert-OH is 1. The molecule has 2 aliphatic heterocycles. The summed E-state index contributed by atoms with van der Waals surface area (Å²) < 4.78 is 0. The van der Waals surface area contributed by atoms with Crippen LogP contribution in [0, 0.1) is 0 Å². The van der Waals surface area contributed by atoms with Gasteiger partial charge in [-0.1, -0.05) is 26.7 Å². The van der Waals surface area contributed by atoms with Gasteiger partial charge in [-0.2, -0.15) is 4.98 Å². The lowest BCUT2D eigenvalue weighted by atomic mass is 9.87. The number of rotatable bonds is 4. The zero-order valence-electron chi connectivity index (χ0n) is 17.8. The number of pyridine rings is 1. The first-order valence-electron chi connectivity index (χ1n) is 11.1. The maximum atomic E-state index is 11.0. The number of aliphatic hydroxyl groups is 1. The summed E-state index contributed by atoms with van der Waals surface area (Å²) in [6.45, 7) is 8.14. The van der Waals surface area contributed by atoms with Crippen LogP contribution in [-0.4, -0.2) is 58.5 Å². The Morgan fingerprint density at radius 2 is 1.87 bits per heavy atom. The van der Waals surface area contributed by atoms with E-state index in [0.29, 0.717) is 12.0 Å². The topological polar surface area (TPSA) is 89.4 Å². The number of hydrogen-bond acceptors (Lipinski definition) is 8. The van der Waals surface area contributed by atoms with Crippen LogP contribution in [0.5, 0.6) is 0 Å². The smallest absolute Gasteiger partial charge is 0.230 e. The minimum Gasteiger partial charge on any atom is -0.373 e. The SMILES string of the molecule is CC1(C)c2cnc(Nc3ccc(N4CCNCC4)cn3)nc2N(C2CCCC2)C1O. The summed E-state index contributed by atoms with van der Waals surface area (Å²) in [5.74, 6) is 2.09. The highest BCUT2D eigenvalue weighted by atomic mass is 16.3. The zero-order valence-corrected chi connectivity index (χ0v) is 17.8. The van der Waals surface area contributed by atoms with Crippen molar-refractivity contribution < 1.29 is 5.11 Å². The van der Waals surface area contributed by atoms with Crippen molar-refractivity contribution in [2.75, 3.05) is 41.3 Å². The Bertz CT molecular complexity index is 889. The van der Waals surface area contributed by atoms with Crippen molar-refractivity contribution in [2.45, 2.75) is 57.2 Å². The van der Waals surface area contributed by atoms with Gasteiger partial charge in [0.1, 0.15) is 17.9 Å². The molecule has 1 saturated carbocycles. The Labute approximate surface area is 177 Å². The van der Waals surface area contributed by atoms with Gasteiger partial charge in [0.15, 0.2) is 0 Å². The molecule has 3 aliphatic rings. The minimum absolute atomic E-state index is 0.347. The highest BCUT2D eigenvalue weighted by Gasteiger charge is 2.48. The summed E-state index contributed by atoms with van der Waals surface area (Å²) in [5.41, 5.74) is 1.75. The van der Waals surface area contributed by atoms with Crippen LogP contribution in [0.3, 0.4) is 0 Å². The molecular weight excluding hydrogens is 378 g/mol. The van der Waals surface area contributed by atoms with E-state index in [0.717, 1.165) is 61.9 Å². The van der Waals surface area contributed by atoms with Crippen LogP contribution in [0.2, 0.25) is 0 Å². The van der Waals surface area contributed by atoms with Crippen molar-refractivity contribution in [3.8, 4) is 0 Å². The van der Waals surface area contributed by atoms with E-state index in [4.69, 9.17) is 4.98 Å². The van der Waals surface area contributed by atoms with E-state index in [-0.39, 0.29) is 5.41 Å². The van der Waals surface area contributed by atoms with Crippen molar-refractivity contribution in [2.24, 2.45) is 0 Å². The summed E-state index contributed by atoms with van der Waals surface area (Å²) in [6.07, 6.45) is 7.82. The summed E-state index contributed by atoms with van der Waals surface area (Å²) >= 11 is 0. The summed E-state index contributed by atoms with van der Waals surface area (Å²) in [7, 11) is 0. The van der Waals surface area contributed by atoms with Gasteiger partial charge >= 0.3 is 0 Å². The number of nitrogens with zero attached hydrogens (tertiary/aromatic N) is 5. The summed E-state index contributed by atoms with van der Waals surface area (Å²) in [5, 5.41) is 17.7. The molecule has 1 aliphatic carbocycles. The molecule has 0 radical (unpaired) electrons. The fourth-order valence-corrected chi connectivity index (χ4v) is 4.93. The normalized spacial score (nSPS) is 23.6. The quantitative estimate of drug-likeness (QED) is 0.709. The number of aromatic nitrogens is 3. The molecule has 2 aromatic heterocycles. The monoisotopic (exact) mass is 409 g/mol. The maximum Gasteiger partial charge on any atom is 0.230 e. The van der Waals surface area contributed by atoms with Crippen molar-refractivity contribution in [1.82, 2.24) is 20.3 Å². The first kappa shape index (κ1) is 19.5. The van der Waals surface area contributed by atoms with E-state index in [1.807, 2.05) is 18.5 Å². The second-order valence-electron chi connectivity index (χ2n) is 9.14. The van der Waals surface area contributed by atoms with Crippen LogP contribution >= 0.6 is 0 Å². The molecule has 0 amide bonds. The standard InChI is InChI=1S/C22H31N7O/c1-22(2)17-14-25-21(27-19(17)29(20(22)30)15-5-3-4-6-15)26-18-8-7-16(13-24-18)28-11-9-23-10-12-28/h7-8,13-15,20,23,30H,3-6,9-12H2,1-2H3,(H,24,25,26,27). The fourth-order valence-electron chi connectivity index (χ4n) is 4.93. The molecule has 8 heteroatoms. The van der Waals surface area contributed by atoms with Crippen LogP contribution < -0.4 is 20.4 Å². The van der Waals surface area contributed by atoms with E-state index in [1.54, 1.807) is 0 Å². The second kappa shape index (κ2) is 7.67. The first-order chi connectivity index (χ1) is 14.5. The Hall–Kier alpha value is -2.45. The molecule has 3 N–H and O–H groups in total. The van der Waals surface area contributed by atoms with Crippen LogP contribution in [0.1, 0.15) is 45.1 Å². The number of anilines is 4. The number of hydrogen-bond donors (Lipinski definition) is 3. The fraction of sp³-hybridized carbons (Fsp3) is 0.591. The molecule has 5 rings (SSSR count). The van der Waals surface area contributed by atoms with Gasteiger partial charge in [0.2, 0.25) is 5.95 Å². The Morgan fingerprint density at radius 1 is 1.10 bits per heavy atom. The van der Waals surface area contributed by atoms with Crippen LogP contribution in [0.4, 0.5) is 23.3 Å². The summed E-state index contributed by atoms with van der Waals surface area (Å²) in [4.78, 5) is 18.4. The number of piperazine rings is 1. The molecule has 8 nitrogen and oxygen atoms in total. The molecule has 2 fully saturated rings. The van der Waals surface area contributed by atoms with Crippen molar-refractivity contribution in [3.63, 3.8) is 0 Å². The van der Waals surface area contributed by atoms with Gasteiger partial charge in [-0.3, -0.25) is 0 Å². The highest BCUT2D eigenvalue weighted by Crippen LogP contribution is 2.46. The molecule has 4 heterocycles. The number of nitrogens with one attached hydrogen (secondary N) is 2. The zero-order chi connectivity index (χ0) is 20.7. The molecule has 30 heavy (non-hydrogen) atoms. The molecule has 160 valence electrons. The van der Waals surface area contributed by atoms with E-state index in [1.165, 1.54) is 12.8 Å². The lowest BCUT2D eigenvalue weighted by Crippen LogP contribution is -2.46. The predicted molar refractivity (Wildman–Crippen MR) is 118 cm³/mol. The lowest BCUT2D eigenvalue weighted by Gasteiger charge is -2.33. The van der Waals surface area contributed by atoms with E-state index >= 15 is 0 Å². The van der Waals surface area contributed by atoms with Gasteiger partial charge in [0.25, 0.3) is 0 Å². The van der Waals surface area contributed by atoms with Crippen molar-refractivity contribution in [1.29, 1.82) is 0 Å². The molecular formula is C22H31N7O. The maximum absolute atomic E-state index is 11.0. The third kappa shape index (κ3) is 3.37. The van der Waals surface area contributed by atoms with Crippen molar-refractivity contribution >= 4 is 23.3 Å². The first-order valence-corrected chi connectivity index (χ1v) is 11.1. The van der Waals surface area contributed by atoms with Crippen LogP contribution in [0.15, 0.2) is 24.5 Å². The molecule has 1 unspecified atom stereocenters. The van der Waals surface area contributed by atoms with Crippen LogP contribution in [-0.2, 0) is 5.41 Å². The summed E-state index contributed by atoms with van der Waals surface area (Å²) in [6, 6.07) is 4.41. The molecule has 2 aromatic rings. The van der Waals surface area contributed by atoms with E-state index in [2.05, 4.69) is 50.3 Å².